The molecule has 0 saturated carbocycles. The van der Waals surface area contributed by atoms with Crippen LogP contribution in [0.3, 0.4) is 0 Å². The zero-order valence-corrected chi connectivity index (χ0v) is 14.2. The van der Waals surface area contributed by atoms with Crippen molar-refractivity contribution in [3.05, 3.63) is 47.0 Å². The fourth-order valence-electron chi connectivity index (χ4n) is 1.07. The molecule has 0 aromatic carbocycles. The second-order valence-electron chi connectivity index (χ2n) is 3.69. The first-order valence-corrected chi connectivity index (χ1v) is 6.89. The average Bonchev–Trinajstić information content (AvgIpc) is 2.56. The van der Waals surface area contributed by atoms with E-state index in [4.69, 9.17) is 21.8 Å². The maximum absolute atomic E-state index is 10.3. The van der Waals surface area contributed by atoms with Gasteiger partial charge in [0.25, 0.3) is 0 Å². The van der Waals surface area contributed by atoms with Gasteiger partial charge in [0.1, 0.15) is 5.69 Å². The molecule has 2 aromatic rings. The maximum atomic E-state index is 10.3. The number of aromatic carboxylic acids is 1. The van der Waals surface area contributed by atoms with Crippen molar-refractivity contribution in [1.29, 1.82) is 0 Å². The predicted molar refractivity (Wildman–Crippen MR) is 85.0 cm³/mol. The fraction of sp³-hybridized carbons (Fsp3) is 0.231. The fourth-order valence-corrected chi connectivity index (χ4v) is 1.24. The summed E-state index contributed by atoms with van der Waals surface area (Å²) < 4.78 is 3.88. The number of carbonyl (C=O) groups excluding carboxylic acids is 1. The van der Waals surface area contributed by atoms with E-state index in [9.17, 15) is 9.59 Å². The van der Waals surface area contributed by atoms with Gasteiger partial charge in [-0.15, -0.1) is 0 Å². The van der Waals surface area contributed by atoms with Crippen molar-refractivity contribution in [1.82, 2.24) is 19.9 Å². The molecule has 2 rings (SSSR count). The molecule has 2 aromatic heterocycles. The van der Waals surface area contributed by atoms with Crippen molar-refractivity contribution in [2.75, 3.05) is 7.11 Å². The molecule has 2 heterocycles. The quantitative estimate of drug-likeness (QED) is 0.754. The van der Waals surface area contributed by atoms with Crippen molar-refractivity contribution >= 4 is 34.6 Å². The summed E-state index contributed by atoms with van der Waals surface area (Å²) in [5, 5.41) is 17.3. The number of aliphatic hydroxyl groups excluding tert-OH is 1. The van der Waals surface area contributed by atoms with Gasteiger partial charge in [-0.1, -0.05) is 11.6 Å². The van der Waals surface area contributed by atoms with Crippen LogP contribution in [0.25, 0.3) is 0 Å². The van der Waals surface area contributed by atoms with Crippen LogP contribution in [0, 0.1) is 6.92 Å². The number of aryl methyl sites for hydroxylation is 1. The van der Waals surface area contributed by atoms with E-state index >= 15 is 0 Å². The van der Waals surface area contributed by atoms with Gasteiger partial charge in [0, 0.05) is 36.4 Å². The third kappa shape index (κ3) is 8.93. The lowest BCUT2D eigenvalue weighted by molar-refractivity contribution is 0.0689. The molecule has 2 N–H and O–H groups in total. The standard InChI is InChI=1S/C6H6N2O2.C5H5ClN2O.C2H3ClO2/c1-4-5(6(9)10)8-3-2-7-4;6-5-4(3-9)7-1-2-8-5;1-5-2(3)4/h2-3H,1H3,(H,9,10);1-2,9H,3H2;1H3. The third-order valence-electron chi connectivity index (χ3n) is 2.12. The normalized spacial score (nSPS) is 8.88. The Labute approximate surface area is 147 Å². The van der Waals surface area contributed by atoms with E-state index in [-0.39, 0.29) is 17.5 Å². The Morgan fingerprint density at radius 3 is 1.96 bits per heavy atom. The van der Waals surface area contributed by atoms with Crippen LogP contribution >= 0.6 is 23.2 Å². The molecule has 0 spiro atoms. The van der Waals surface area contributed by atoms with Gasteiger partial charge in [0.15, 0.2) is 10.8 Å². The Morgan fingerprint density at radius 1 is 1.12 bits per heavy atom. The highest BCUT2D eigenvalue weighted by molar-refractivity contribution is 6.61. The van der Waals surface area contributed by atoms with Gasteiger partial charge in [0.05, 0.1) is 19.4 Å². The summed E-state index contributed by atoms with van der Waals surface area (Å²) in [6.45, 7) is 1.45. The van der Waals surface area contributed by atoms with E-state index in [2.05, 4.69) is 36.3 Å². The van der Waals surface area contributed by atoms with Crippen LogP contribution in [0.2, 0.25) is 5.15 Å². The Kier molecular flexibility index (Phi) is 10.9. The van der Waals surface area contributed by atoms with Crippen molar-refractivity contribution in [3.63, 3.8) is 0 Å². The number of nitrogens with zero attached hydrogens (tertiary/aromatic N) is 4. The van der Waals surface area contributed by atoms with E-state index < -0.39 is 11.4 Å². The molecule has 9 nitrogen and oxygen atoms in total. The van der Waals surface area contributed by atoms with Gasteiger partial charge >= 0.3 is 11.4 Å². The molecule has 0 atom stereocenters. The van der Waals surface area contributed by atoms with Crippen LogP contribution < -0.4 is 0 Å². The number of rotatable bonds is 2. The molecular weight excluding hydrogens is 363 g/mol. The number of methoxy groups -OCH3 is 1. The monoisotopic (exact) mass is 376 g/mol. The van der Waals surface area contributed by atoms with Gasteiger partial charge < -0.3 is 14.9 Å². The van der Waals surface area contributed by atoms with Crippen molar-refractivity contribution in [3.8, 4) is 0 Å². The zero-order chi connectivity index (χ0) is 18.5. The number of halogens is 2. The second kappa shape index (κ2) is 12.1. The number of carboxylic acid groups (broad SMARTS) is 1. The van der Waals surface area contributed by atoms with E-state index in [0.29, 0.717) is 11.4 Å². The van der Waals surface area contributed by atoms with Crippen LogP contribution in [0.4, 0.5) is 4.79 Å². The molecule has 24 heavy (non-hydrogen) atoms. The summed E-state index contributed by atoms with van der Waals surface area (Å²) >= 11 is 10.1. The lowest BCUT2D eigenvalue weighted by atomic mass is 10.3. The lowest BCUT2D eigenvalue weighted by Crippen LogP contribution is -2.03. The Balaban J connectivity index is 0.000000351. The highest BCUT2D eigenvalue weighted by Gasteiger charge is 2.06. The number of ether oxygens (including phenoxy) is 1. The van der Waals surface area contributed by atoms with E-state index in [1.807, 2.05) is 0 Å². The molecular formula is C13H14Cl2N4O5. The summed E-state index contributed by atoms with van der Waals surface area (Å²) in [4.78, 5) is 34.5. The predicted octanol–water partition coefficient (Wildman–Crippen LogP) is 2.10. The molecule has 0 fully saturated rings. The van der Waals surface area contributed by atoms with Crippen molar-refractivity contribution < 1.29 is 24.5 Å². The van der Waals surface area contributed by atoms with Crippen molar-refractivity contribution in [2.24, 2.45) is 0 Å². The first-order valence-electron chi connectivity index (χ1n) is 6.14. The lowest BCUT2D eigenvalue weighted by Gasteiger charge is -1.94. The molecule has 0 aliphatic heterocycles. The molecule has 0 amide bonds. The molecule has 0 aliphatic carbocycles. The molecule has 0 saturated heterocycles. The Morgan fingerprint density at radius 2 is 1.62 bits per heavy atom. The van der Waals surface area contributed by atoms with Gasteiger partial charge in [-0.25, -0.2) is 19.6 Å². The Bertz CT molecular complexity index is 672. The average molecular weight is 377 g/mol. The van der Waals surface area contributed by atoms with E-state index in [0.717, 1.165) is 0 Å². The number of hydrogen-bond donors (Lipinski definition) is 2. The number of carboxylic acids is 1. The SMILES string of the molecule is COC(=O)Cl.Cc1nccnc1C(=O)O.OCc1nccnc1Cl. The van der Waals surface area contributed by atoms with Crippen LogP contribution in [-0.2, 0) is 11.3 Å². The van der Waals surface area contributed by atoms with Crippen LogP contribution in [0.15, 0.2) is 24.8 Å². The molecule has 0 unspecified atom stereocenters. The topological polar surface area (TPSA) is 135 Å². The van der Waals surface area contributed by atoms with E-state index in [1.54, 1.807) is 6.92 Å². The highest BCUT2D eigenvalue weighted by atomic mass is 35.5. The first-order chi connectivity index (χ1) is 11.3. The van der Waals surface area contributed by atoms with Crippen LogP contribution in [0.5, 0.6) is 0 Å². The van der Waals surface area contributed by atoms with Gasteiger partial charge in [-0.05, 0) is 6.92 Å². The van der Waals surface area contributed by atoms with Crippen LogP contribution in [0.1, 0.15) is 21.9 Å². The second-order valence-corrected chi connectivity index (χ2v) is 4.36. The minimum Gasteiger partial charge on any atom is -0.476 e. The van der Waals surface area contributed by atoms with E-state index in [1.165, 1.54) is 31.9 Å². The van der Waals surface area contributed by atoms with Gasteiger partial charge in [-0.2, -0.15) is 0 Å². The summed E-state index contributed by atoms with van der Waals surface area (Å²) in [5.74, 6) is -1.04. The molecule has 130 valence electrons. The number of aromatic nitrogens is 4. The number of aliphatic hydroxyl groups is 1. The summed E-state index contributed by atoms with van der Waals surface area (Å²) in [6.07, 6.45) is 5.77. The number of hydrogen-bond acceptors (Lipinski definition) is 8. The Hall–Kier alpha value is -2.36. The first kappa shape index (κ1) is 21.6. The van der Waals surface area contributed by atoms with Gasteiger partial charge in [-0.3, -0.25) is 9.97 Å². The zero-order valence-electron chi connectivity index (χ0n) is 12.7. The molecule has 11 heteroatoms. The third-order valence-corrected chi connectivity index (χ3v) is 2.59. The summed E-state index contributed by atoms with van der Waals surface area (Å²) in [7, 11) is 1.22. The molecule has 0 radical (unpaired) electrons. The smallest absolute Gasteiger partial charge is 0.403 e. The number of carbonyl (C=O) groups is 2. The molecule has 0 aliphatic rings. The summed E-state index contributed by atoms with van der Waals surface area (Å²) in [5.41, 5.74) is 0.0988. The van der Waals surface area contributed by atoms with Gasteiger partial charge in [0.2, 0.25) is 0 Å². The maximum Gasteiger partial charge on any atom is 0.403 e. The van der Waals surface area contributed by atoms with Crippen molar-refractivity contribution in [2.45, 2.75) is 13.5 Å². The summed E-state index contributed by atoms with van der Waals surface area (Å²) in [6, 6.07) is 0. The highest BCUT2D eigenvalue weighted by Crippen LogP contribution is 2.06. The largest absolute Gasteiger partial charge is 0.476 e. The molecule has 0 bridgehead atoms. The van der Waals surface area contributed by atoms with Crippen LogP contribution in [-0.4, -0.2) is 48.7 Å². The minimum atomic E-state index is -1.04. The minimum absolute atomic E-state index is 0.0162.